The molecule has 0 aromatic heterocycles. The van der Waals surface area contributed by atoms with E-state index in [0.29, 0.717) is 5.11 Å². The van der Waals surface area contributed by atoms with Gasteiger partial charge in [0.2, 0.25) is 0 Å². The van der Waals surface area contributed by atoms with E-state index in [2.05, 4.69) is 48.7 Å². The Hall–Kier alpha value is -1.55. The molecule has 0 atom stereocenters. The van der Waals surface area contributed by atoms with Crippen molar-refractivity contribution in [2.75, 3.05) is 7.05 Å². The van der Waals surface area contributed by atoms with Gasteiger partial charge in [0, 0.05) is 7.05 Å². The fourth-order valence-electron chi connectivity index (χ4n) is 1.20. The minimum Gasteiger partial charge on any atom is -0.364 e. The fourth-order valence-corrected chi connectivity index (χ4v) is 1.25. The maximum absolute atomic E-state index is 4.94. The van der Waals surface area contributed by atoms with Crippen LogP contribution in [0.1, 0.15) is 16.7 Å². The van der Waals surface area contributed by atoms with Gasteiger partial charge in [-0.05, 0) is 48.8 Å². The van der Waals surface area contributed by atoms with E-state index in [-0.39, 0.29) is 0 Å². The molecular weight excluding hydrogens is 218 g/mol. The van der Waals surface area contributed by atoms with Crippen LogP contribution in [-0.2, 0) is 0 Å². The monoisotopic (exact) mass is 235 g/mol. The number of hydrazine groups is 1. The van der Waals surface area contributed by atoms with Crippen LogP contribution >= 0.6 is 12.2 Å². The van der Waals surface area contributed by atoms with E-state index in [0.717, 1.165) is 11.3 Å². The zero-order chi connectivity index (χ0) is 12.1. The Balaban J connectivity index is 2.66. The molecule has 3 nitrogen and oxygen atoms in total. The molecule has 1 aromatic rings. The van der Waals surface area contributed by atoms with Crippen LogP contribution in [0.5, 0.6) is 0 Å². The van der Waals surface area contributed by atoms with Crippen molar-refractivity contribution < 1.29 is 0 Å². The summed E-state index contributed by atoms with van der Waals surface area (Å²) in [5.41, 5.74) is 10.1. The highest BCUT2D eigenvalue weighted by Gasteiger charge is 2.00. The molecule has 0 saturated heterocycles. The van der Waals surface area contributed by atoms with Crippen LogP contribution in [0.25, 0.3) is 5.70 Å². The highest BCUT2D eigenvalue weighted by molar-refractivity contribution is 7.80. The molecule has 0 bridgehead atoms. The molecule has 0 fully saturated rings. The maximum atomic E-state index is 4.94. The average molecular weight is 235 g/mol. The van der Waals surface area contributed by atoms with E-state index < -0.39 is 0 Å². The van der Waals surface area contributed by atoms with Crippen LogP contribution in [0, 0.1) is 13.8 Å². The first-order valence-corrected chi connectivity index (χ1v) is 5.45. The summed E-state index contributed by atoms with van der Waals surface area (Å²) in [6.45, 7) is 8.11. The molecule has 4 heteroatoms. The number of rotatable bonds is 3. The van der Waals surface area contributed by atoms with Crippen molar-refractivity contribution in [3.05, 3.63) is 41.5 Å². The third-order valence-electron chi connectivity index (χ3n) is 2.41. The molecule has 0 aliphatic heterocycles. The first kappa shape index (κ1) is 12.5. The van der Waals surface area contributed by atoms with Gasteiger partial charge in [-0.3, -0.25) is 10.9 Å². The molecule has 1 rings (SSSR count). The fraction of sp³-hybridized carbons (Fsp3) is 0.250. The summed E-state index contributed by atoms with van der Waals surface area (Å²) in [4.78, 5) is 0. The zero-order valence-corrected chi connectivity index (χ0v) is 10.7. The second-order valence-corrected chi connectivity index (χ2v) is 4.01. The number of aryl methyl sites for hydroxylation is 2. The van der Waals surface area contributed by atoms with E-state index in [1.165, 1.54) is 11.1 Å². The van der Waals surface area contributed by atoms with Gasteiger partial charge in [-0.2, -0.15) is 0 Å². The molecule has 0 amide bonds. The molecule has 0 aliphatic rings. The van der Waals surface area contributed by atoms with Crippen LogP contribution in [0.3, 0.4) is 0 Å². The number of thiocarbonyl (C=S) groups is 1. The molecule has 86 valence electrons. The van der Waals surface area contributed by atoms with Crippen molar-refractivity contribution in [1.29, 1.82) is 0 Å². The lowest BCUT2D eigenvalue weighted by Crippen LogP contribution is -2.41. The van der Waals surface area contributed by atoms with E-state index in [1.807, 2.05) is 6.07 Å². The van der Waals surface area contributed by atoms with Crippen LogP contribution in [0.2, 0.25) is 0 Å². The minimum atomic E-state index is 0.532. The Morgan fingerprint density at radius 2 is 1.88 bits per heavy atom. The molecule has 0 spiro atoms. The minimum absolute atomic E-state index is 0.532. The molecule has 0 saturated carbocycles. The Morgan fingerprint density at radius 3 is 2.44 bits per heavy atom. The molecule has 3 N–H and O–H groups in total. The number of hydrogen-bond donors (Lipinski definition) is 3. The van der Waals surface area contributed by atoms with E-state index >= 15 is 0 Å². The standard InChI is InChI=1S/C12H17N3S/c1-8-5-6-11(7-9(8)2)10(3)14-15-12(16)13-4/h5-7,14H,3H2,1-2,4H3,(H2,13,15,16). The Morgan fingerprint density at radius 1 is 1.19 bits per heavy atom. The highest BCUT2D eigenvalue weighted by atomic mass is 32.1. The summed E-state index contributed by atoms with van der Waals surface area (Å²) in [6, 6.07) is 6.20. The summed E-state index contributed by atoms with van der Waals surface area (Å²) in [5, 5.41) is 3.34. The first-order valence-electron chi connectivity index (χ1n) is 5.05. The van der Waals surface area contributed by atoms with Crippen LogP contribution < -0.4 is 16.2 Å². The largest absolute Gasteiger partial charge is 0.364 e. The van der Waals surface area contributed by atoms with Gasteiger partial charge < -0.3 is 5.32 Å². The molecule has 16 heavy (non-hydrogen) atoms. The van der Waals surface area contributed by atoms with E-state index in [9.17, 15) is 0 Å². The molecule has 0 aliphatic carbocycles. The van der Waals surface area contributed by atoms with E-state index in [4.69, 9.17) is 12.2 Å². The topological polar surface area (TPSA) is 36.1 Å². The van der Waals surface area contributed by atoms with Gasteiger partial charge in [0.1, 0.15) is 0 Å². The SMILES string of the molecule is C=C(NNC(=S)NC)c1ccc(C)c(C)c1. The number of nitrogens with one attached hydrogen (secondary N) is 3. The lowest BCUT2D eigenvalue weighted by molar-refractivity contribution is 0.824. The lowest BCUT2D eigenvalue weighted by Gasteiger charge is -2.13. The van der Waals surface area contributed by atoms with Crippen molar-refractivity contribution in [3.8, 4) is 0 Å². The molecular formula is C12H17N3S. The summed E-state index contributed by atoms with van der Waals surface area (Å²) in [7, 11) is 1.76. The first-order chi connectivity index (χ1) is 7.54. The quantitative estimate of drug-likeness (QED) is 0.552. The third-order valence-corrected chi connectivity index (χ3v) is 2.72. The van der Waals surface area contributed by atoms with E-state index in [1.54, 1.807) is 7.05 Å². The Labute approximate surface area is 102 Å². The van der Waals surface area contributed by atoms with Gasteiger partial charge in [-0.25, -0.2) is 0 Å². The van der Waals surface area contributed by atoms with Crippen molar-refractivity contribution in [2.45, 2.75) is 13.8 Å². The summed E-state index contributed by atoms with van der Waals surface area (Å²) in [5.74, 6) is 0. The van der Waals surface area contributed by atoms with Crippen LogP contribution in [-0.4, -0.2) is 12.2 Å². The van der Waals surface area contributed by atoms with Crippen molar-refractivity contribution >= 4 is 23.0 Å². The van der Waals surface area contributed by atoms with Gasteiger partial charge in [-0.1, -0.05) is 18.7 Å². The Bertz CT molecular complexity index is 413. The van der Waals surface area contributed by atoms with Gasteiger partial charge >= 0.3 is 0 Å². The second kappa shape index (κ2) is 5.51. The maximum Gasteiger partial charge on any atom is 0.184 e. The zero-order valence-electron chi connectivity index (χ0n) is 9.85. The van der Waals surface area contributed by atoms with Gasteiger partial charge in [-0.15, -0.1) is 0 Å². The second-order valence-electron chi connectivity index (χ2n) is 3.61. The summed E-state index contributed by atoms with van der Waals surface area (Å²) >= 11 is 4.94. The Kier molecular flexibility index (Phi) is 4.31. The normalized spacial score (nSPS) is 9.44. The number of benzene rings is 1. The van der Waals surface area contributed by atoms with Crippen molar-refractivity contribution in [1.82, 2.24) is 16.2 Å². The van der Waals surface area contributed by atoms with Gasteiger partial charge in [0.15, 0.2) is 5.11 Å². The molecule has 0 unspecified atom stereocenters. The average Bonchev–Trinajstić information content (AvgIpc) is 2.29. The molecule has 0 heterocycles. The summed E-state index contributed by atoms with van der Waals surface area (Å²) < 4.78 is 0. The molecule has 1 aromatic carbocycles. The smallest absolute Gasteiger partial charge is 0.184 e. The van der Waals surface area contributed by atoms with Crippen molar-refractivity contribution in [3.63, 3.8) is 0 Å². The van der Waals surface area contributed by atoms with Crippen LogP contribution in [0.4, 0.5) is 0 Å². The van der Waals surface area contributed by atoms with Crippen LogP contribution in [0.15, 0.2) is 24.8 Å². The van der Waals surface area contributed by atoms with Crippen molar-refractivity contribution in [2.24, 2.45) is 0 Å². The predicted octanol–water partition coefficient (Wildman–Crippen LogP) is 1.87. The summed E-state index contributed by atoms with van der Waals surface area (Å²) in [6.07, 6.45) is 0. The van der Waals surface area contributed by atoms with Gasteiger partial charge in [0.05, 0.1) is 5.70 Å². The third kappa shape index (κ3) is 3.24. The number of hydrogen-bond acceptors (Lipinski definition) is 2. The molecule has 0 radical (unpaired) electrons. The van der Waals surface area contributed by atoms with Gasteiger partial charge in [0.25, 0.3) is 0 Å². The predicted molar refractivity (Wildman–Crippen MR) is 72.9 cm³/mol. The highest BCUT2D eigenvalue weighted by Crippen LogP contribution is 2.14. The lowest BCUT2D eigenvalue weighted by atomic mass is 10.1.